The van der Waals surface area contributed by atoms with Crippen molar-refractivity contribution in [2.75, 3.05) is 12.4 Å². The Bertz CT molecular complexity index is 773. The Kier molecular flexibility index (Phi) is 3.86. The standard InChI is InChI=1S/C15H14F3N3O3/c1-24-11-5-3-2-4-8(11)10-6-12(15(16,17)18)21-13(20-10)9(7-19-21)14(22)23/h2-5,7,10,12,20H,6H2,1H3,(H,22,23)/t10-,12+/m1/s1. The average molecular weight is 341 g/mol. The number of carbonyl (C=O) groups is 1. The molecule has 1 aromatic heterocycles. The van der Waals surface area contributed by atoms with Crippen molar-refractivity contribution in [3.63, 3.8) is 0 Å². The molecule has 9 heteroatoms. The lowest BCUT2D eigenvalue weighted by atomic mass is 9.96. The number of carboxylic acids is 1. The summed E-state index contributed by atoms with van der Waals surface area (Å²) in [6.45, 7) is 0. The smallest absolute Gasteiger partial charge is 0.410 e. The second-order valence-electron chi connectivity index (χ2n) is 5.39. The number of hydrogen-bond donors (Lipinski definition) is 2. The summed E-state index contributed by atoms with van der Waals surface area (Å²) in [6, 6.07) is 4.01. The molecule has 1 aliphatic rings. The number of nitrogens with zero attached hydrogens (tertiary/aromatic N) is 2. The van der Waals surface area contributed by atoms with Gasteiger partial charge in [0.25, 0.3) is 0 Å². The van der Waals surface area contributed by atoms with Gasteiger partial charge in [-0.05, 0) is 6.07 Å². The highest BCUT2D eigenvalue weighted by molar-refractivity contribution is 5.93. The SMILES string of the molecule is COc1ccccc1[C@H]1C[C@@H](C(F)(F)F)n2ncc(C(=O)O)c2N1. The van der Waals surface area contributed by atoms with Gasteiger partial charge in [-0.1, -0.05) is 18.2 Å². The van der Waals surface area contributed by atoms with Gasteiger partial charge in [-0.3, -0.25) is 0 Å². The van der Waals surface area contributed by atoms with Crippen LogP contribution in [0.15, 0.2) is 30.5 Å². The predicted octanol–water partition coefficient (Wildman–Crippen LogP) is 3.25. The van der Waals surface area contributed by atoms with Crippen LogP contribution in [-0.4, -0.2) is 34.1 Å². The highest BCUT2D eigenvalue weighted by Gasteiger charge is 2.47. The highest BCUT2D eigenvalue weighted by atomic mass is 19.4. The molecule has 0 spiro atoms. The van der Waals surface area contributed by atoms with Crippen LogP contribution < -0.4 is 10.1 Å². The molecule has 6 nitrogen and oxygen atoms in total. The van der Waals surface area contributed by atoms with Crippen molar-refractivity contribution in [3.05, 3.63) is 41.6 Å². The minimum absolute atomic E-state index is 0.160. The van der Waals surface area contributed by atoms with Crippen LogP contribution in [0.3, 0.4) is 0 Å². The van der Waals surface area contributed by atoms with Crippen LogP contribution in [0.5, 0.6) is 5.75 Å². The molecule has 1 aliphatic heterocycles. The summed E-state index contributed by atoms with van der Waals surface area (Å²) in [4.78, 5) is 11.3. The summed E-state index contributed by atoms with van der Waals surface area (Å²) in [5.74, 6) is -1.07. The van der Waals surface area contributed by atoms with E-state index in [-0.39, 0.29) is 17.8 Å². The van der Waals surface area contributed by atoms with Crippen LogP contribution in [0, 0.1) is 0 Å². The molecular formula is C15H14F3N3O3. The molecule has 128 valence electrons. The Labute approximate surface area is 134 Å². The van der Waals surface area contributed by atoms with E-state index in [1.807, 2.05) is 0 Å². The van der Waals surface area contributed by atoms with Gasteiger partial charge >= 0.3 is 12.1 Å². The van der Waals surface area contributed by atoms with E-state index in [1.54, 1.807) is 24.3 Å². The second kappa shape index (κ2) is 5.73. The fraction of sp³-hybridized carbons (Fsp3) is 0.333. The van der Waals surface area contributed by atoms with Crippen LogP contribution in [0.25, 0.3) is 0 Å². The molecule has 3 rings (SSSR count). The maximum absolute atomic E-state index is 13.4. The number of aromatic carboxylic acids is 1. The first kappa shape index (κ1) is 16.2. The van der Waals surface area contributed by atoms with Gasteiger partial charge in [0.05, 0.1) is 19.3 Å². The average Bonchev–Trinajstić information content (AvgIpc) is 2.96. The number of aromatic nitrogens is 2. The zero-order chi connectivity index (χ0) is 17.5. The van der Waals surface area contributed by atoms with Crippen molar-refractivity contribution in [2.45, 2.75) is 24.7 Å². The maximum atomic E-state index is 13.4. The number of halogens is 3. The molecule has 2 heterocycles. The Morgan fingerprint density at radius 3 is 2.75 bits per heavy atom. The molecule has 0 aliphatic carbocycles. The van der Waals surface area contributed by atoms with Gasteiger partial charge in [0.15, 0.2) is 6.04 Å². The van der Waals surface area contributed by atoms with Crippen molar-refractivity contribution >= 4 is 11.8 Å². The van der Waals surface area contributed by atoms with Crippen LogP contribution in [0.2, 0.25) is 0 Å². The van der Waals surface area contributed by atoms with E-state index < -0.39 is 24.2 Å². The van der Waals surface area contributed by atoms with Gasteiger partial charge in [0, 0.05) is 12.0 Å². The van der Waals surface area contributed by atoms with Crippen molar-refractivity contribution in [1.82, 2.24) is 9.78 Å². The summed E-state index contributed by atoms with van der Waals surface area (Å²) in [5.41, 5.74) is 0.224. The van der Waals surface area contributed by atoms with E-state index >= 15 is 0 Å². The molecule has 0 amide bonds. The van der Waals surface area contributed by atoms with E-state index in [0.29, 0.717) is 16.0 Å². The van der Waals surface area contributed by atoms with E-state index in [1.165, 1.54) is 7.11 Å². The number of fused-ring (bicyclic) bond motifs is 1. The second-order valence-corrected chi connectivity index (χ2v) is 5.39. The normalized spacial score (nSPS) is 20.2. The Morgan fingerprint density at radius 1 is 1.42 bits per heavy atom. The first-order chi connectivity index (χ1) is 11.3. The largest absolute Gasteiger partial charge is 0.496 e. The van der Waals surface area contributed by atoms with Crippen LogP contribution >= 0.6 is 0 Å². The number of nitrogens with one attached hydrogen (secondary N) is 1. The van der Waals surface area contributed by atoms with Gasteiger partial charge in [0.1, 0.15) is 17.1 Å². The fourth-order valence-corrected chi connectivity index (χ4v) is 2.88. The number of hydrogen-bond acceptors (Lipinski definition) is 4. The Balaban J connectivity index is 2.09. The molecule has 0 saturated heterocycles. The highest BCUT2D eigenvalue weighted by Crippen LogP contribution is 2.45. The number of anilines is 1. The van der Waals surface area contributed by atoms with Crippen molar-refractivity contribution in [2.24, 2.45) is 0 Å². The molecular weight excluding hydrogens is 327 g/mol. The van der Waals surface area contributed by atoms with Crippen molar-refractivity contribution < 1.29 is 27.8 Å². The van der Waals surface area contributed by atoms with Crippen molar-refractivity contribution in [3.8, 4) is 5.75 Å². The summed E-state index contributed by atoms with van der Waals surface area (Å²) in [6.07, 6.45) is -3.95. The van der Waals surface area contributed by atoms with E-state index in [2.05, 4.69) is 10.4 Å². The van der Waals surface area contributed by atoms with Gasteiger partial charge in [-0.25, -0.2) is 9.48 Å². The lowest BCUT2D eigenvalue weighted by molar-refractivity contribution is -0.173. The van der Waals surface area contributed by atoms with E-state index in [9.17, 15) is 23.1 Å². The number of benzene rings is 1. The quantitative estimate of drug-likeness (QED) is 0.896. The van der Waals surface area contributed by atoms with E-state index in [4.69, 9.17) is 4.74 Å². The molecule has 24 heavy (non-hydrogen) atoms. The molecule has 0 fully saturated rings. The van der Waals surface area contributed by atoms with Crippen LogP contribution in [0.1, 0.15) is 34.4 Å². The minimum atomic E-state index is -4.56. The number of methoxy groups -OCH3 is 1. The van der Waals surface area contributed by atoms with Gasteiger partial charge < -0.3 is 15.2 Å². The first-order valence-corrected chi connectivity index (χ1v) is 7.10. The van der Waals surface area contributed by atoms with Gasteiger partial charge in [-0.15, -0.1) is 0 Å². The number of rotatable bonds is 3. The fourth-order valence-electron chi connectivity index (χ4n) is 2.88. The summed E-state index contributed by atoms with van der Waals surface area (Å²) in [5, 5.41) is 15.7. The number of para-hydroxylation sites is 1. The summed E-state index contributed by atoms with van der Waals surface area (Å²) >= 11 is 0. The third-order valence-electron chi connectivity index (χ3n) is 3.98. The molecule has 0 unspecified atom stereocenters. The topological polar surface area (TPSA) is 76.4 Å². The van der Waals surface area contributed by atoms with Crippen molar-refractivity contribution in [1.29, 1.82) is 0 Å². The summed E-state index contributed by atoms with van der Waals surface area (Å²) in [7, 11) is 1.43. The molecule has 2 aromatic rings. The number of carboxylic acid groups (broad SMARTS) is 1. The lowest BCUT2D eigenvalue weighted by Crippen LogP contribution is -2.36. The zero-order valence-corrected chi connectivity index (χ0v) is 12.5. The monoisotopic (exact) mass is 341 g/mol. The Morgan fingerprint density at radius 2 is 2.12 bits per heavy atom. The third-order valence-corrected chi connectivity index (χ3v) is 3.98. The lowest BCUT2D eigenvalue weighted by Gasteiger charge is -2.34. The Hall–Kier alpha value is -2.71. The summed E-state index contributed by atoms with van der Waals surface area (Å²) < 4.78 is 46.2. The molecule has 2 N–H and O–H groups in total. The molecule has 2 atom stereocenters. The maximum Gasteiger partial charge on any atom is 0.410 e. The molecule has 0 radical (unpaired) electrons. The number of alkyl halides is 3. The minimum Gasteiger partial charge on any atom is -0.496 e. The van der Waals surface area contributed by atoms with Crippen LogP contribution in [-0.2, 0) is 0 Å². The first-order valence-electron chi connectivity index (χ1n) is 7.10. The van der Waals surface area contributed by atoms with Gasteiger partial charge in [0.2, 0.25) is 0 Å². The number of ether oxygens (including phenoxy) is 1. The predicted molar refractivity (Wildman–Crippen MR) is 78.3 cm³/mol. The van der Waals surface area contributed by atoms with E-state index in [0.717, 1.165) is 6.20 Å². The van der Waals surface area contributed by atoms with Gasteiger partial charge in [-0.2, -0.15) is 18.3 Å². The third kappa shape index (κ3) is 2.66. The molecule has 0 bridgehead atoms. The zero-order valence-electron chi connectivity index (χ0n) is 12.5. The molecule has 1 aromatic carbocycles. The molecule has 0 saturated carbocycles. The van der Waals surface area contributed by atoms with Crippen LogP contribution in [0.4, 0.5) is 19.0 Å².